The maximum atomic E-state index is 13.0. The molecule has 1 aliphatic carbocycles. The van der Waals surface area contributed by atoms with Gasteiger partial charge in [0.2, 0.25) is 0 Å². The lowest BCUT2D eigenvalue weighted by Crippen LogP contribution is -2.29. The minimum Gasteiger partial charge on any atom is -0.369 e. The molecule has 2 rings (SSSR count). The minimum atomic E-state index is -4.40. The van der Waals surface area contributed by atoms with Gasteiger partial charge in [-0.05, 0) is 40.3 Å². The Labute approximate surface area is 125 Å². The Balaban J connectivity index is 2.13. The van der Waals surface area contributed by atoms with Gasteiger partial charge in [0.05, 0.1) is 5.56 Å². The van der Waals surface area contributed by atoms with Gasteiger partial charge in [-0.15, -0.1) is 0 Å². The van der Waals surface area contributed by atoms with Gasteiger partial charge < -0.3 is 5.32 Å². The lowest BCUT2D eigenvalue weighted by molar-refractivity contribution is -0.137. The first kappa shape index (κ1) is 15.6. The third-order valence-electron chi connectivity index (χ3n) is 3.90. The average Bonchev–Trinajstić information content (AvgIpc) is 2.37. The van der Waals surface area contributed by atoms with E-state index in [1.165, 1.54) is 12.6 Å². The lowest BCUT2D eigenvalue weighted by atomic mass is 9.76. The molecule has 1 aliphatic rings. The zero-order chi connectivity index (χ0) is 14.8. The molecule has 0 aliphatic heterocycles. The minimum absolute atomic E-state index is 0.0653. The summed E-state index contributed by atoms with van der Waals surface area (Å²) in [6, 6.07) is 1.07. The fourth-order valence-electron chi connectivity index (χ4n) is 2.68. The summed E-state index contributed by atoms with van der Waals surface area (Å²) in [7, 11) is 0. The Morgan fingerprint density at radius 3 is 2.55 bits per heavy atom. The summed E-state index contributed by atoms with van der Waals surface area (Å²) in [6.45, 7) is 2.66. The number of halogens is 4. The van der Waals surface area contributed by atoms with Crippen LogP contribution in [0.15, 0.2) is 16.7 Å². The van der Waals surface area contributed by atoms with Crippen molar-refractivity contribution in [2.24, 2.45) is 5.41 Å². The van der Waals surface area contributed by atoms with Gasteiger partial charge in [0.25, 0.3) is 0 Å². The van der Waals surface area contributed by atoms with Crippen LogP contribution in [0.3, 0.4) is 0 Å². The number of pyridine rings is 1. The number of nitrogens with one attached hydrogen (secondary N) is 1. The molecule has 1 N–H and O–H groups in total. The third-order valence-corrected chi connectivity index (χ3v) is 4.34. The van der Waals surface area contributed by atoms with Crippen LogP contribution in [0.5, 0.6) is 0 Å². The molecule has 1 heterocycles. The smallest absolute Gasteiger partial charge is 0.369 e. The summed E-state index contributed by atoms with van der Waals surface area (Å²) in [5, 5.41) is 2.91. The second-order valence-electron chi connectivity index (χ2n) is 5.77. The van der Waals surface area contributed by atoms with Crippen LogP contribution in [-0.4, -0.2) is 11.5 Å². The van der Waals surface area contributed by atoms with E-state index in [1.54, 1.807) is 0 Å². The standard InChI is InChI=1S/C14H18BrF3N2/c1-13(5-3-2-4-6-13)9-20-12-11(14(16,17)18)7-10(15)8-19-12/h7-8H,2-6,9H2,1H3,(H,19,20). The van der Waals surface area contributed by atoms with Crippen LogP contribution in [0.1, 0.15) is 44.6 Å². The van der Waals surface area contributed by atoms with Crippen LogP contribution in [-0.2, 0) is 6.18 Å². The molecule has 0 aromatic carbocycles. The number of nitrogens with zero attached hydrogens (tertiary/aromatic N) is 1. The van der Waals surface area contributed by atoms with Gasteiger partial charge in [0, 0.05) is 17.2 Å². The van der Waals surface area contributed by atoms with Crippen molar-refractivity contribution in [3.05, 3.63) is 22.3 Å². The summed E-state index contributed by atoms with van der Waals surface area (Å²) in [6.07, 6.45) is 2.62. The number of hydrogen-bond donors (Lipinski definition) is 1. The SMILES string of the molecule is CC1(CNc2ncc(Br)cc2C(F)(F)F)CCCCC1. The summed E-state index contributed by atoms with van der Waals surface area (Å²) in [4.78, 5) is 3.88. The van der Waals surface area contributed by atoms with E-state index in [2.05, 4.69) is 33.2 Å². The van der Waals surface area contributed by atoms with Gasteiger partial charge >= 0.3 is 6.18 Å². The van der Waals surface area contributed by atoms with Gasteiger partial charge in [-0.1, -0.05) is 26.2 Å². The van der Waals surface area contributed by atoms with Gasteiger partial charge in [-0.3, -0.25) is 0 Å². The maximum Gasteiger partial charge on any atom is 0.419 e. The van der Waals surface area contributed by atoms with Crippen LogP contribution in [0.4, 0.5) is 19.0 Å². The molecule has 1 aromatic heterocycles. The van der Waals surface area contributed by atoms with Crippen molar-refractivity contribution >= 4 is 21.7 Å². The normalized spacial score (nSPS) is 18.9. The Morgan fingerprint density at radius 2 is 1.95 bits per heavy atom. The predicted molar refractivity (Wildman–Crippen MR) is 76.6 cm³/mol. The molecule has 112 valence electrons. The highest BCUT2D eigenvalue weighted by Crippen LogP contribution is 2.38. The van der Waals surface area contributed by atoms with Crippen molar-refractivity contribution in [1.82, 2.24) is 4.98 Å². The van der Waals surface area contributed by atoms with E-state index in [4.69, 9.17) is 0 Å². The van der Waals surface area contributed by atoms with E-state index in [1.807, 2.05) is 0 Å². The van der Waals surface area contributed by atoms with E-state index < -0.39 is 11.7 Å². The highest BCUT2D eigenvalue weighted by Gasteiger charge is 2.35. The fraction of sp³-hybridized carbons (Fsp3) is 0.643. The fourth-order valence-corrected chi connectivity index (χ4v) is 3.01. The number of alkyl halides is 3. The zero-order valence-corrected chi connectivity index (χ0v) is 12.9. The van der Waals surface area contributed by atoms with Gasteiger partial charge in [-0.2, -0.15) is 13.2 Å². The van der Waals surface area contributed by atoms with Crippen molar-refractivity contribution < 1.29 is 13.2 Å². The van der Waals surface area contributed by atoms with Crippen LogP contribution < -0.4 is 5.32 Å². The summed E-state index contributed by atoms with van der Waals surface area (Å²) in [5.41, 5.74) is -0.651. The van der Waals surface area contributed by atoms with Crippen LogP contribution in [0, 0.1) is 5.41 Å². The molecule has 1 saturated carbocycles. The second kappa shape index (κ2) is 5.92. The van der Waals surface area contributed by atoms with Crippen molar-refractivity contribution in [2.75, 3.05) is 11.9 Å². The molecule has 0 amide bonds. The highest BCUT2D eigenvalue weighted by atomic mass is 79.9. The molecule has 1 aromatic rings. The first-order valence-electron chi connectivity index (χ1n) is 6.77. The first-order valence-corrected chi connectivity index (χ1v) is 7.56. The molecule has 0 bridgehead atoms. The van der Waals surface area contributed by atoms with Gasteiger partial charge in [0.15, 0.2) is 0 Å². The van der Waals surface area contributed by atoms with Crippen LogP contribution in [0.2, 0.25) is 0 Å². The van der Waals surface area contributed by atoms with E-state index >= 15 is 0 Å². The number of aromatic nitrogens is 1. The zero-order valence-electron chi connectivity index (χ0n) is 11.4. The average molecular weight is 351 g/mol. The quantitative estimate of drug-likeness (QED) is 0.805. The molecule has 20 heavy (non-hydrogen) atoms. The molecule has 6 heteroatoms. The Bertz CT molecular complexity index is 468. The van der Waals surface area contributed by atoms with Gasteiger partial charge in [-0.25, -0.2) is 4.98 Å². The second-order valence-corrected chi connectivity index (χ2v) is 6.69. The largest absolute Gasteiger partial charge is 0.419 e. The molecular weight excluding hydrogens is 333 g/mol. The molecule has 0 spiro atoms. The Kier molecular flexibility index (Phi) is 4.62. The molecular formula is C14H18BrF3N2. The summed E-state index contributed by atoms with van der Waals surface area (Å²) >= 11 is 3.04. The van der Waals surface area contributed by atoms with Crippen molar-refractivity contribution in [3.63, 3.8) is 0 Å². The molecule has 0 saturated heterocycles. The number of rotatable bonds is 3. The van der Waals surface area contributed by atoms with Crippen LogP contribution in [0.25, 0.3) is 0 Å². The van der Waals surface area contributed by atoms with E-state index in [0.717, 1.165) is 31.7 Å². The van der Waals surface area contributed by atoms with Crippen molar-refractivity contribution in [1.29, 1.82) is 0 Å². The highest BCUT2D eigenvalue weighted by molar-refractivity contribution is 9.10. The lowest BCUT2D eigenvalue weighted by Gasteiger charge is -2.34. The summed E-state index contributed by atoms with van der Waals surface area (Å²) < 4.78 is 39.3. The Hall–Kier alpha value is -0.780. The third kappa shape index (κ3) is 3.87. The first-order chi connectivity index (χ1) is 9.30. The van der Waals surface area contributed by atoms with E-state index in [9.17, 15) is 13.2 Å². The number of hydrogen-bond acceptors (Lipinski definition) is 2. The predicted octanol–water partition coefficient (Wildman–Crippen LogP) is 5.25. The van der Waals surface area contributed by atoms with Gasteiger partial charge in [0.1, 0.15) is 5.82 Å². The van der Waals surface area contributed by atoms with E-state index in [0.29, 0.717) is 11.0 Å². The number of anilines is 1. The Morgan fingerprint density at radius 1 is 1.30 bits per heavy atom. The van der Waals surface area contributed by atoms with Crippen LogP contribution >= 0.6 is 15.9 Å². The van der Waals surface area contributed by atoms with Crippen molar-refractivity contribution in [2.45, 2.75) is 45.2 Å². The summed E-state index contributed by atoms with van der Waals surface area (Å²) in [5.74, 6) is -0.0764. The molecule has 2 nitrogen and oxygen atoms in total. The van der Waals surface area contributed by atoms with Crippen molar-refractivity contribution in [3.8, 4) is 0 Å². The molecule has 0 radical (unpaired) electrons. The molecule has 0 unspecified atom stereocenters. The maximum absolute atomic E-state index is 13.0. The van der Waals surface area contributed by atoms with E-state index in [-0.39, 0.29) is 11.2 Å². The monoisotopic (exact) mass is 350 g/mol. The molecule has 0 atom stereocenters. The molecule has 1 fully saturated rings. The topological polar surface area (TPSA) is 24.9 Å².